The van der Waals surface area contributed by atoms with E-state index in [0.29, 0.717) is 25.0 Å². The van der Waals surface area contributed by atoms with Crippen molar-refractivity contribution in [1.82, 2.24) is 19.7 Å². The maximum atomic E-state index is 12.4. The molecule has 0 spiro atoms. The van der Waals surface area contributed by atoms with Crippen molar-refractivity contribution < 1.29 is 22.6 Å². The summed E-state index contributed by atoms with van der Waals surface area (Å²) < 4.78 is 50.3. The molecule has 0 atom stereocenters. The summed E-state index contributed by atoms with van der Waals surface area (Å²) in [7, 11) is 3.58. The summed E-state index contributed by atoms with van der Waals surface area (Å²) in [5.74, 6) is 2.66. The number of nitrogens with zero attached hydrogens (tertiary/aromatic N) is 5. The molecule has 0 saturated heterocycles. The SMILES string of the molecule is COc1ccc(Br)c(CN(C)c2nnc(C3CCC3)n2Cc2ccc(OCC(F)(F)F)nc2)c1. The Hall–Kier alpha value is -2.82. The Kier molecular flexibility index (Phi) is 7.30. The van der Waals surface area contributed by atoms with Crippen LogP contribution >= 0.6 is 15.9 Å². The van der Waals surface area contributed by atoms with Crippen LogP contribution in [0.4, 0.5) is 19.1 Å². The largest absolute Gasteiger partial charge is 0.497 e. The minimum absolute atomic E-state index is 0.0655. The lowest BCUT2D eigenvalue weighted by molar-refractivity contribution is -0.154. The topological polar surface area (TPSA) is 65.3 Å². The molecule has 2 heterocycles. The Labute approximate surface area is 204 Å². The van der Waals surface area contributed by atoms with Gasteiger partial charge >= 0.3 is 6.18 Å². The van der Waals surface area contributed by atoms with E-state index in [-0.39, 0.29) is 5.88 Å². The number of aromatic nitrogens is 4. The van der Waals surface area contributed by atoms with E-state index in [1.807, 2.05) is 30.1 Å². The van der Waals surface area contributed by atoms with Crippen LogP contribution in [0.3, 0.4) is 0 Å². The van der Waals surface area contributed by atoms with Gasteiger partial charge in [-0.25, -0.2) is 4.98 Å². The normalized spacial score (nSPS) is 14.1. The molecule has 0 bridgehead atoms. The predicted octanol–water partition coefficient (Wildman–Crippen LogP) is 5.34. The highest BCUT2D eigenvalue weighted by atomic mass is 79.9. The van der Waals surface area contributed by atoms with Crippen LogP contribution < -0.4 is 14.4 Å². The second-order valence-electron chi connectivity index (χ2n) is 8.29. The first-order chi connectivity index (χ1) is 16.2. The third-order valence-electron chi connectivity index (χ3n) is 5.75. The molecule has 1 aliphatic rings. The lowest BCUT2D eigenvalue weighted by atomic mass is 9.85. The van der Waals surface area contributed by atoms with Crippen molar-refractivity contribution in [2.75, 3.05) is 25.7 Å². The van der Waals surface area contributed by atoms with Crippen molar-refractivity contribution in [3.63, 3.8) is 0 Å². The molecule has 0 amide bonds. The van der Waals surface area contributed by atoms with Crippen LogP contribution in [0.1, 0.15) is 42.1 Å². The predicted molar refractivity (Wildman–Crippen MR) is 124 cm³/mol. The Morgan fingerprint density at radius 1 is 1.18 bits per heavy atom. The number of methoxy groups -OCH3 is 1. The fraction of sp³-hybridized carbons (Fsp3) is 0.435. The van der Waals surface area contributed by atoms with Gasteiger partial charge in [0, 0.05) is 36.2 Å². The molecule has 0 aliphatic heterocycles. The van der Waals surface area contributed by atoms with Crippen LogP contribution in [0.15, 0.2) is 41.0 Å². The molecule has 1 aliphatic carbocycles. The minimum Gasteiger partial charge on any atom is -0.497 e. The van der Waals surface area contributed by atoms with E-state index < -0.39 is 12.8 Å². The second-order valence-corrected chi connectivity index (χ2v) is 9.15. The number of benzene rings is 1. The summed E-state index contributed by atoms with van der Waals surface area (Å²) >= 11 is 3.60. The molecule has 0 N–H and O–H groups in total. The van der Waals surface area contributed by atoms with Gasteiger partial charge in [0.2, 0.25) is 11.8 Å². The second kappa shape index (κ2) is 10.2. The highest BCUT2D eigenvalue weighted by molar-refractivity contribution is 9.10. The number of anilines is 1. The lowest BCUT2D eigenvalue weighted by Crippen LogP contribution is -2.23. The quantitative estimate of drug-likeness (QED) is 0.365. The molecule has 34 heavy (non-hydrogen) atoms. The summed E-state index contributed by atoms with van der Waals surface area (Å²) in [6.07, 6.45) is 0.403. The van der Waals surface area contributed by atoms with Crippen molar-refractivity contribution in [3.05, 3.63) is 58.0 Å². The van der Waals surface area contributed by atoms with E-state index in [1.165, 1.54) is 12.3 Å². The molecule has 182 valence electrons. The van der Waals surface area contributed by atoms with Crippen LogP contribution in [-0.4, -0.2) is 46.7 Å². The standard InChI is InChI=1S/C23H25BrF3N5O2/c1-31(13-17-10-18(33-2)7-8-19(17)24)22-30-29-21(16-4-3-5-16)32(22)12-15-6-9-20(28-11-15)34-14-23(25,26)27/h6-11,16H,3-5,12-14H2,1-2H3. The molecule has 4 rings (SSSR count). The number of hydrogen-bond acceptors (Lipinski definition) is 6. The summed E-state index contributed by atoms with van der Waals surface area (Å²) in [6.45, 7) is -0.348. The Bertz CT molecular complexity index is 1120. The molecule has 1 aromatic carbocycles. The van der Waals surface area contributed by atoms with Crippen molar-refractivity contribution in [2.24, 2.45) is 0 Å². The summed E-state index contributed by atoms with van der Waals surface area (Å²) in [5, 5.41) is 8.97. The number of hydrogen-bond donors (Lipinski definition) is 0. The van der Waals surface area contributed by atoms with E-state index in [0.717, 1.165) is 46.4 Å². The number of rotatable bonds is 9. The third-order valence-corrected chi connectivity index (χ3v) is 6.53. The summed E-state index contributed by atoms with van der Waals surface area (Å²) in [6, 6.07) is 8.97. The van der Waals surface area contributed by atoms with Gasteiger partial charge in [0.1, 0.15) is 11.6 Å². The lowest BCUT2D eigenvalue weighted by Gasteiger charge is -2.27. The molecular weight excluding hydrogens is 515 g/mol. The molecule has 11 heteroatoms. The van der Waals surface area contributed by atoms with Gasteiger partial charge in [-0.3, -0.25) is 4.57 Å². The van der Waals surface area contributed by atoms with Crippen LogP contribution in [0.2, 0.25) is 0 Å². The van der Waals surface area contributed by atoms with Gasteiger partial charge < -0.3 is 14.4 Å². The van der Waals surface area contributed by atoms with E-state index in [4.69, 9.17) is 9.47 Å². The molecule has 0 radical (unpaired) electrons. The van der Waals surface area contributed by atoms with Gasteiger partial charge in [0.05, 0.1) is 13.7 Å². The number of halogens is 4. The fourth-order valence-electron chi connectivity index (χ4n) is 3.76. The highest BCUT2D eigenvalue weighted by Crippen LogP contribution is 2.37. The first-order valence-corrected chi connectivity index (χ1v) is 11.6. The first kappa shape index (κ1) is 24.3. The average Bonchev–Trinajstić information content (AvgIpc) is 3.16. The van der Waals surface area contributed by atoms with Gasteiger partial charge in [-0.2, -0.15) is 13.2 Å². The van der Waals surface area contributed by atoms with E-state index in [9.17, 15) is 13.2 Å². The molecule has 2 aromatic heterocycles. The van der Waals surface area contributed by atoms with Crippen LogP contribution in [0.5, 0.6) is 11.6 Å². The maximum Gasteiger partial charge on any atom is 0.422 e. The van der Waals surface area contributed by atoms with Gasteiger partial charge in [-0.05, 0) is 42.2 Å². The monoisotopic (exact) mass is 539 g/mol. The van der Waals surface area contributed by atoms with E-state index >= 15 is 0 Å². The molecular formula is C23H25BrF3N5O2. The summed E-state index contributed by atoms with van der Waals surface area (Å²) in [4.78, 5) is 6.05. The Morgan fingerprint density at radius 3 is 2.59 bits per heavy atom. The highest BCUT2D eigenvalue weighted by Gasteiger charge is 2.29. The van der Waals surface area contributed by atoms with Crippen molar-refractivity contribution >= 4 is 21.9 Å². The molecule has 1 saturated carbocycles. The Morgan fingerprint density at radius 2 is 1.97 bits per heavy atom. The van der Waals surface area contributed by atoms with Gasteiger partial charge in [0.15, 0.2) is 6.61 Å². The van der Waals surface area contributed by atoms with Crippen LogP contribution in [0.25, 0.3) is 0 Å². The minimum atomic E-state index is -4.41. The van der Waals surface area contributed by atoms with Crippen LogP contribution in [-0.2, 0) is 13.1 Å². The maximum absolute atomic E-state index is 12.4. The van der Waals surface area contributed by atoms with Gasteiger partial charge in [-0.1, -0.05) is 28.4 Å². The zero-order valence-corrected chi connectivity index (χ0v) is 20.4. The zero-order valence-electron chi connectivity index (χ0n) is 18.8. The van der Waals surface area contributed by atoms with Crippen molar-refractivity contribution in [3.8, 4) is 11.6 Å². The molecule has 7 nitrogen and oxygen atoms in total. The van der Waals surface area contributed by atoms with E-state index in [1.54, 1.807) is 13.2 Å². The molecule has 1 fully saturated rings. The van der Waals surface area contributed by atoms with Crippen LogP contribution in [0, 0.1) is 0 Å². The Balaban J connectivity index is 1.55. The first-order valence-electron chi connectivity index (χ1n) is 10.8. The van der Waals surface area contributed by atoms with Gasteiger partial charge in [-0.15, -0.1) is 10.2 Å². The fourth-order valence-corrected chi connectivity index (χ4v) is 4.13. The summed E-state index contributed by atoms with van der Waals surface area (Å²) in [5.41, 5.74) is 1.85. The molecule has 0 unspecified atom stereocenters. The van der Waals surface area contributed by atoms with Crippen molar-refractivity contribution in [2.45, 2.75) is 44.4 Å². The average molecular weight is 540 g/mol. The van der Waals surface area contributed by atoms with E-state index in [2.05, 4.69) is 35.7 Å². The zero-order chi connectivity index (χ0) is 24.3. The number of alkyl halides is 3. The third kappa shape index (κ3) is 5.81. The number of ether oxygens (including phenoxy) is 2. The van der Waals surface area contributed by atoms with Gasteiger partial charge in [0.25, 0.3) is 0 Å². The smallest absolute Gasteiger partial charge is 0.422 e. The number of pyridine rings is 1. The molecule has 3 aromatic rings. The van der Waals surface area contributed by atoms with Crippen molar-refractivity contribution in [1.29, 1.82) is 0 Å².